The van der Waals surface area contributed by atoms with Crippen molar-refractivity contribution in [1.82, 2.24) is 0 Å². The van der Waals surface area contributed by atoms with Gasteiger partial charge >= 0.3 is 0 Å². The van der Waals surface area contributed by atoms with E-state index >= 15 is 0 Å². The molecule has 1 N–H and O–H groups in total. The second kappa shape index (κ2) is 5.54. The average molecular weight is 244 g/mol. The zero-order valence-electron chi connectivity index (χ0n) is 9.51. The summed E-state index contributed by atoms with van der Waals surface area (Å²) in [4.78, 5) is 0. The lowest BCUT2D eigenvalue weighted by atomic mass is 10.3. The lowest BCUT2D eigenvalue weighted by molar-refractivity contribution is 0.331. The van der Waals surface area contributed by atoms with Crippen molar-refractivity contribution in [2.45, 2.75) is 20.0 Å². The zero-order valence-corrected chi connectivity index (χ0v) is 11.3. The fourth-order valence-corrected chi connectivity index (χ4v) is 3.06. The van der Waals surface area contributed by atoms with Crippen LogP contribution in [0.4, 0.5) is 5.69 Å². The Labute approximate surface area is 97.7 Å². The van der Waals surface area contributed by atoms with Crippen LogP contribution in [0.5, 0.6) is 0 Å². The molecule has 0 fully saturated rings. The average Bonchev–Trinajstić information content (AvgIpc) is 2.16. The van der Waals surface area contributed by atoms with Crippen molar-refractivity contribution in [3.63, 3.8) is 0 Å². The van der Waals surface area contributed by atoms with Crippen LogP contribution in [-0.2, 0) is 4.43 Å². The summed E-state index contributed by atoms with van der Waals surface area (Å²) < 4.78 is 5.72. The number of halogens is 1. The fraction of sp³-hybridized carbons (Fsp3) is 0.455. The number of rotatable bonds is 5. The summed E-state index contributed by atoms with van der Waals surface area (Å²) in [6.45, 7) is 7.20. The first kappa shape index (κ1) is 12.6. The highest BCUT2D eigenvalue weighted by atomic mass is 35.5. The molecule has 1 rings (SSSR count). The van der Waals surface area contributed by atoms with E-state index in [9.17, 15) is 0 Å². The van der Waals surface area contributed by atoms with Crippen LogP contribution in [0.15, 0.2) is 24.3 Å². The van der Waals surface area contributed by atoms with E-state index in [4.69, 9.17) is 16.0 Å². The summed E-state index contributed by atoms with van der Waals surface area (Å²) >= 11 is 6.04. The highest BCUT2D eigenvalue weighted by Gasteiger charge is 2.21. The summed E-state index contributed by atoms with van der Waals surface area (Å²) in [6, 6.07) is 7.78. The van der Waals surface area contributed by atoms with Crippen molar-refractivity contribution < 1.29 is 4.43 Å². The summed E-state index contributed by atoms with van der Waals surface area (Å²) in [5.41, 5.74) is 0.986. The summed E-state index contributed by atoms with van der Waals surface area (Å²) in [5, 5.41) is 4.11. The molecule has 4 heteroatoms. The second-order valence-electron chi connectivity index (χ2n) is 4.03. The molecule has 2 nitrogen and oxygen atoms in total. The molecule has 1 aromatic carbocycles. The molecule has 15 heavy (non-hydrogen) atoms. The standard InChI is InChI=1S/C11H18ClNOSi/c1-4-14-15(2,3)9-13-11-8-6-5-7-10(11)12/h5-8,13H,4,9H2,1-3H3. The number of benzene rings is 1. The molecular formula is C11H18ClNOSi. The van der Waals surface area contributed by atoms with E-state index in [2.05, 4.69) is 18.4 Å². The van der Waals surface area contributed by atoms with Crippen LogP contribution in [0.2, 0.25) is 18.1 Å². The molecule has 0 unspecified atom stereocenters. The second-order valence-corrected chi connectivity index (χ2v) is 8.59. The summed E-state index contributed by atoms with van der Waals surface area (Å²) in [5.74, 6) is 0. The molecule has 0 aromatic heterocycles. The Hall–Kier alpha value is -0.513. The van der Waals surface area contributed by atoms with E-state index in [0.717, 1.165) is 23.5 Å². The molecule has 0 atom stereocenters. The van der Waals surface area contributed by atoms with E-state index in [1.165, 1.54) is 0 Å². The molecule has 0 aliphatic rings. The van der Waals surface area contributed by atoms with Crippen molar-refractivity contribution in [2.24, 2.45) is 0 Å². The predicted octanol–water partition coefficient (Wildman–Crippen LogP) is 3.53. The molecule has 1 aromatic rings. The van der Waals surface area contributed by atoms with Crippen LogP contribution >= 0.6 is 11.6 Å². The molecule has 0 radical (unpaired) electrons. The number of hydrogen-bond donors (Lipinski definition) is 1. The van der Waals surface area contributed by atoms with Gasteiger partial charge in [0.15, 0.2) is 0 Å². The van der Waals surface area contributed by atoms with Crippen LogP contribution in [0.1, 0.15) is 6.92 Å². The molecule has 0 saturated carbocycles. The molecule has 84 valence electrons. The number of nitrogens with one attached hydrogen (secondary N) is 1. The van der Waals surface area contributed by atoms with E-state index in [0.29, 0.717) is 0 Å². The minimum absolute atomic E-state index is 0.763. The molecule has 0 heterocycles. The fourth-order valence-electron chi connectivity index (χ4n) is 1.35. The number of para-hydroxylation sites is 1. The van der Waals surface area contributed by atoms with Crippen LogP contribution in [0.25, 0.3) is 0 Å². The first-order valence-corrected chi connectivity index (χ1v) is 8.67. The van der Waals surface area contributed by atoms with E-state index in [1.807, 2.05) is 31.2 Å². The van der Waals surface area contributed by atoms with Crippen molar-refractivity contribution in [2.75, 3.05) is 18.1 Å². The topological polar surface area (TPSA) is 21.3 Å². The lowest BCUT2D eigenvalue weighted by Crippen LogP contribution is -2.39. The largest absolute Gasteiger partial charge is 0.416 e. The molecular weight excluding hydrogens is 226 g/mol. The van der Waals surface area contributed by atoms with Gasteiger partial charge in [0.05, 0.1) is 10.7 Å². The number of anilines is 1. The number of hydrogen-bond acceptors (Lipinski definition) is 2. The van der Waals surface area contributed by atoms with Crippen molar-refractivity contribution >= 4 is 25.6 Å². The molecule has 0 spiro atoms. The van der Waals surface area contributed by atoms with Gasteiger partial charge in [0.2, 0.25) is 8.32 Å². The maximum atomic E-state index is 6.04. The Kier molecular flexibility index (Phi) is 4.64. The van der Waals surface area contributed by atoms with Crippen molar-refractivity contribution in [3.05, 3.63) is 29.3 Å². The molecule has 0 saturated heterocycles. The van der Waals surface area contributed by atoms with Crippen LogP contribution < -0.4 is 5.32 Å². The van der Waals surface area contributed by atoms with Crippen molar-refractivity contribution in [1.29, 1.82) is 0 Å². The zero-order chi connectivity index (χ0) is 11.3. The minimum Gasteiger partial charge on any atom is -0.416 e. The van der Waals surface area contributed by atoms with Gasteiger partial charge in [0.25, 0.3) is 0 Å². The normalized spacial score (nSPS) is 11.5. The first-order valence-electron chi connectivity index (χ1n) is 5.17. The van der Waals surface area contributed by atoms with Crippen LogP contribution in [0, 0.1) is 0 Å². The van der Waals surface area contributed by atoms with Gasteiger partial charge in [-0.1, -0.05) is 23.7 Å². The third-order valence-corrected chi connectivity index (χ3v) is 4.54. The highest BCUT2D eigenvalue weighted by Crippen LogP contribution is 2.21. The predicted molar refractivity (Wildman–Crippen MR) is 69.0 cm³/mol. The smallest absolute Gasteiger partial charge is 0.205 e. The van der Waals surface area contributed by atoms with Gasteiger partial charge < -0.3 is 9.74 Å². The monoisotopic (exact) mass is 243 g/mol. The minimum atomic E-state index is -1.58. The summed E-state index contributed by atoms with van der Waals surface area (Å²) in [7, 11) is -1.58. The van der Waals surface area contributed by atoms with Gasteiger partial charge in [-0.2, -0.15) is 0 Å². The Balaban J connectivity index is 2.53. The first-order chi connectivity index (χ1) is 7.05. The quantitative estimate of drug-likeness (QED) is 0.799. The van der Waals surface area contributed by atoms with E-state index in [1.54, 1.807) is 0 Å². The van der Waals surface area contributed by atoms with Gasteiger partial charge in [0.1, 0.15) is 0 Å². The Morgan fingerprint density at radius 1 is 1.33 bits per heavy atom. The van der Waals surface area contributed by atoms with Crippen LogP contribution in [-0.4, -0.2) is 21.1 Å². The van der Waals surface area contributed by atoms with Gasteiger partial charge in [-0.25, -0.2) is 0 Å². The van der Waals surface area contributed by atoms with E-state index < -0.39 is 8.32 Å². The summed E-state index contributed by atoms with van der Waals surface area (Å²) in [6.07, 6.45) is 0.880. The van der Waals surface area contributed by atoms with E-state index in [-0.39, 0.29) is 0 Å². The Morgan fingerprint density at radius 2 is 2.00 bits per heavy atom. The Bertz CT molecular complexity index is 317. The molecule has 0 amide bonds. The third kappa shape index (κ3) is 4.24. The molecule has 0 aliphatic heterocycles. The maximum Gasteiger partial charge on any atom is 0.205 e. The molecule has 0 bridgehead atoms. The maximum absolute atomic E-state index is 6.04. The highest BCUT2D eigenvalue weighted by molar-refractivity contribution is 6.71. The van der Waals surface area contributed by atoms with Gasteiger partial charge in [-0.3, -0.25) is 0 Å². The molecule has 0 aliphatic carbocycles. The van der Waals surface area contributed by atoms with Crippen LogP contribution in [0.3, 0.4) is 0 Å². The third-order valence-electron chi connectivity index (χ3n) is 2.11. The van der Waals surface area contributed by atoms with Crippen molar-refractivity contribution in [3.8, 4) is 0 Å². The van der Waals surface area contributed by atoms with Gasteiger partial charge in [0, 0.05) is 12.8 Å². The SMILES string of the molecule is CCO[Si](C)(C)CNc1ccccc1Cl. The Morgan fingerprint density at radius 3 is 2.60 bits per heavy atom. The van der Waals surface area contributed by atoms with Gasteiger partial charge in [-0.15, -0.1) is 0 Å². The lowest BCUT2D eigenvalue weighted by Gasteiger charge is -2.23. The van der Waals surface area contributed by atoms with Gasteiger partial charge in [-0.05, 0) is 32.2 Å².